The summed E-state index contributed by atoms with van der Waals surface area (Å²) in [5.41, 5.74) is 3.55. The molecule has 4 nitrogen and oxygen atoms in total. The van der Waals surface area contributed by atoms with E-state index in [4.69, 9.17) is 16.3 Å². The zero-order chi connectivity index (χ0) is 18.0. The third-order valence-corrected chi connectivity index (χ3v) is 4.75. The SMILES string of the molecule is C=CCOC(=O)C1=C(C)NC2=C(C(=O)CCC2)[C@H]1c1cccc(Cl)c1. The number of carbonyl (C=O) groups is 2. The van der Waals surface area contributed by atoms with Gasteiger partial charge in [-0.25, -0.2) is 4.79 Å². The Hall–Kier alpha value is -2.33. The van der Waals surface area contributed by atoms with Crippen molar-refractivity contribution in [3.8, 4) is 0 Å². The molecule has 0 spiro atoms. The van der Waals surface area contributed by atoms with Gasteiger partial charge in [0, 0.05) is 34.3 Å². The quantitative estimate of drug-likeness (QED) is 0.652. The Balaban J connectivity index is 2.13. The van der Waals surface area contributed by atoms with Crippen LogP contribution in [-0.2, 0) is 14.3 Å². The van der Waals surface area contributed by atoms with E-state index in [0.29, 0.717) is 28.3 Å². The molecular formula is C20H20ClNO3. The van der Waals surface area contributed by atoms with Gasteiger partial charge >= 0.3 is 5.97 Å². The maximum absolute atomic E-state index is 12.7. The molecule has 1 aliphatic heterocycles. The van der Waals surface area contributed by atoms with Crippen molar-refractivity contribution in [3.63, 3.8) is 0 Å². The van der Waals surface area contributed by atoms with E-state index in [1.165, 1.54) is 6.08 Å². The standard InChI is InChI=1S/C20H20ClNO3/c1-3-10-25-20(24)17-12(2)22-15-8-5-9-16(23)19(15)18(17)13-6-4-7-14(21)11-13/h3-4,6-7,11,18,22H,1,5,8-10H2,2H3/t18-/m0/s1. The zero-order valence-corrected chi connectivity index (χ0v) is 14.9. The fourth-order valence-corrected chi connectivity index (χ4v) is 3.68. The lowest BCUT2D eigenvalue weighted by atomic mass is 9.75. The Kier molecular flexibility index (Phi) is 5.09. The van der Waals surface area contributed by atoms with Gasteiger partial charge in [0.15, 0.2) is 5.78 Å². The molecule has 0 fully saturated rings. The molecule has 0 aromatic heterocycles. The molecule has 1 atom stereocenters. The normalized spacial score (nSPS) is 20.1. The van der Waals surface area contributed by atoms with Crippen molar-refractivity contribution in [2.24, 2.45) is 0 Å². The second kappa shape index (κ2) is 7.28. The van der Waals surface area contributed by atoms with Crippen LogP contribution in [0, 0.1) is 0 Å². The third-order valence-electron chi connectivity index (χ3n) is 4.51. The molecule has 1 N–H and O–H groups in total. The number of nitrogens with one attached hydrogen (secondary N) is 1. The molecule has 0 unspecified atom stereocenters. The van der Waals surface area contributed by atoms with Crippen LogP contribution in [0.15, 0.2) is 59.5 Å². The summed E-state index contributed by atoms with van der Waals surface area (Å²) in [7, 11) is 0. The maximum Gasteiger partial charge on any atom is 0.337 e. The van der Waals surface area contributed by atoms with Crippen LogP contribution in [0.1, 0.15) is 37.7 Å². The number of benzene rings is 1. The van der Waals surface area contributed by atoms with Gasteiger partial charge in [0.25, 0.3) is 0 Å². The second-order valence-corrected chi connectivity index (χ2v) is 6.64. The lowest BCUT2D eigenvalue weighted by Crippen LogP contribution is -2.34. The fraction of sp³-hybridized carbons (Fsp3) is 0.300. The van der Waals surface area contributed by atoms with Crippen molar-refractivity contribution in [2.75, 3.05) is 6.61 Å². The number of hydrogen-bond donors (Lipinski definition) is 1. The average Bonchev–Trinajstić information content (AvgIpc) is 2.58. The molecule has 1 aliphatic carbocycles. The average molecular weight is 358 g/mol. The van der Waals surface area contributed by atoms with E-state index in [-0.39, 0.29) is 12.4 Å². The number of ether oxygens (including phenoxy) is 1. The van der Waals surface area contributed by atoms with Gasteiger partial charge in [-0.2, -0.15) is 0 Å². The Morgan fingerprint density at radius 1 is 1.44 bits per heavy atom. The van der Waals surface area contributed by atoms with Crippen molar-refractivity contribution >= 4 is 23.4 Å². The predicted octanol–water partition coefficient (Wildman–Crippen LogP) is 4.04. The first-order chi connectivity index (χ1) is 12.0. The van der Waals surface area contributed by atoms with Gasteiger partial charge in [-0.3, -0.25) is 4.79 Å². The highest BCUT2D eigenvalue weighted by atomic mass is 35.5. The Morgan fingerprint density at radius 2 is 2.24 bits per heavy atom. The molecule has 0 saturated carbocycles. The minimum atomic E-state index is -0.458. The van der Waals surface area contributed by atoms with Crippen LogP contribution in [-0.4, -0.2) is 18.4 Å². The highest BCUT2D eigenvalue weighted by Crippen LogP contribution is 2.42. The molecule has 130 valence electrons. The summed E-state index contributed by atoms with van der Waals surface area (Å²) < 4.78 is 5.28. The van der Waals surface area contributed by atoms with Crippen LogP contribution in [0.5, 0.6) is 0 Å². The Morgan fingerprint density at radius 3 is 2.96 bits per heavy atom. The summed E-state index contributed by atoms with van der Waals surface area (Å²) in [6.45, 7) is 5.53. The molecule has 2 aliphatic rings. The molecule has 3 rings (SSSR count). The number of esters is 1. The first-order valence-corrected chi connectivity index (χ1v) is 8.68. The van der Waals surface area contributed by atoms with Crippen molar-refractivity contribution in [1.29, 1.82) is 0 Å². The number of Topliss-reactive ketones (excluding diaryl/α,β-unsaturated/α-hetero) is 1. The van der Waals surface area contributed by atoms with Crippen molar-refractivity contribution in [3.05, 3.63) is 70.0 Å². The fourth-order valence-electron chi connectivity index (χ4n) is 3.49. The first-order valence-electron chi connectivity index (χ1n) is 8.30. The summed E-state index contributed by atoms with van der Waals surface area (Å²) in [5, 5.41) is 3.82. The van der Waals surface area contributed by atoms with Gasteiger partial charge < -0.3 is 10.1 Å². The van der Waals surface area contributed by atoms with Crippen LogP contribution >= 0.6 is 11.6 Å². The van der Waals surface area contributed by atoms with Crippen LogP contribution in [0.2, 0.25) is 5.02 Å². The van der Waals surface area contributed by atoms with E-state index in [0.717, 1.165) is 24.1 Å². The number of hydrogen-bond acceptors (Lipinski definition) is 4. The smallest absolute Gasteiger partial charge is 0.337 e. The number of rotatable bonds is 4. The van der Waals surface area contributed by atoms with Crippen molar-refractivity contribution in [2.45, 2.75) is 32.1 Å². The Labute approximate surface area is 152 Å². The number of carbonyl (C=O) groups excluding carboxylic acids is 2. The minimum Gasteiger partial charge on any atom is -0.458 e. The number of halogens is 1. The summed E-state index contributed by atoms with van der Waals surface area (Å²) in [6.07, 6.45) is 3.63. The summed E-state index contributed by atoms with van der Waals surface area (Å²) in [6, 6.07) is 7.30. The highest BCUT2D eigenvalue weighted by Gasteiger charge is 2.39. The molecule has 1 heterocycles. The second-order valence-electron chi connectivity index (χ2n) is 6.21. The van der Waals surface area contributed by atoms with Gasteiger partial charge in [0.2, 0.25) is 0 Å². The molecule has 1 aromatic rings. The maximum atomic E-state index is 12.7. The van der Waals surface area contributed by atoms with Crippen LogP contribution < -0.4 is 5.32 Å². The minimum absolute atomic E-state index is 0.0697. The zero-order valence-electron chi connectivity index (χ0n) is 14.1. The molecule has 0 amide bonds. The topological polar surface area (TPSA) is 55.4 Å². The van der Waals surface area contributed by atoms with E-state index in [2.05, 4.69) is 11.9 Å². The van der Waals surface area contributed by atoms with Crippen LogP contribution in [0.25, 0.3) is 0 Å². The lowest BCUT2D eigenvalue weighted by molar-refractivity contribution is -0.138. The van der Waals surface area contributed by atoms with Gasteiger partial charge in [-0.1, -0.05) is 36.4 Å². The van der Waals surface area contributed by atoms with Gasteiger partial charge in [-0.05, 0) is 37.5 Å². The van der Waals surface area contributed by atoms with Gasteiger partial charge in [0.05, 0.1) is 5.57 Å². The van der Waals surface area contributed by atoms with E-state index in [9.17, 15) is 9.59 Å². The highest BCUT2D eigenvalue weighted by molar-refractivity contribution is 6.30. The molecule has 25 heavy (non-hydrogen) atoms. The third kappa shape index (κ3) is 3.40. The van der Waals surface area contributed by atoms with E-state index in [1.54, 1.807) is 12.1 Å². The van der Waals surface area contributed by atoms with Crippen molar-refractivity contribution < 1.29 is 14.3 Å². The van der Waals surface area contributed by atoms with E-state index in [1.807, 2.05) is 19.1 Å². The number of allylic oxidation sites excluding steroid dienone is 3. The molecule has 0 saturated heterocycles. The molecule has 0 bridgehead atoms. The number of dihydropyridines is 1. The van der Waals surface area contributed by atoms with Crippen LogP contribution in [0.3, 0.4) is 0 Å². The van der Waals surface area contributed by atoms with Crippen LogP contribution in [0.4, 0.5) is 0 Å². The summed E-state index contributed by atoms with van der Waals surface area (Å²) in [5.74, 6) is -0.833. The molecular weight excluding hydrogens is 338 g/mol. The summed E-state index contributed by atoms with van der Waals surface area (Å²) in [4.78, 5) is 25.3. The lowest BCUT2D eigenvalue weighted by Gasteiger charge is -2.34. The van der Waals surface area contributed by atoms with E-state index >= 15 is 0 Å². The molecule has 5 heteroatoms. The molecule has 1 aromatic carbocycles. The molecule has 0 radical (unpaired) electrons. The predicted molar refractivity (Wildman–Crippen MR) is 97.1 cm³/mol. The van der Waals surface area contributed by atoms with Gasteiger partial charge in [0.1, 0.15) is 6.61 Å². The van der Waals surface area contributed by atoms with Gasteiger partial charge in [-0.15, -0.1) is 0 Å². The summed E-state index contributed by atoms with van der Waals surface area (Å²) >= 11 is 6.16. The van der Waals surface area contributed by atoms with Crippen molar-refractivity contribution in [1.82, 2.24) is 5.32 Å². The van der Waals surface area contributed by atoms with E-state index < -0.39 is 11.9 Å². The monoisotopic (exact) mass is 357 g/mol. The largest absolute Gasteiger partial charge is 0.458 e. The Bertz CT molecular complexity index is 807. The number of ketones is 1. The first kappa shape index (κ1) is 17.5.